The highest BCUT2D eigenvalue weighted by atomic mass is 32.2. The van der Waals surface area contributed by atoms with Crippen molar-refractivity contribution in [2.75, 3.05) is 33.1 Å². The molecule has 1 fully saturated rings. The van der Waals surface area contributed by atoms with Crippen molar-refractivity contribution in [2.45, 2.75) is 11.8 Å². The van der Waals surface area contributed by atoms with E-state index in [1.165, 1.54) is 0 Å². The van der Waals surface area contributed by atoms with Crippen LogP contribution in [0.1, 0.15) is 17.4 Å². The number of methoxy groups -OCH3 is 2. The Hall–Kier alpha value is -1.40. The Bertz CT molecular complexity index is 480. The normalized spacial score (nSPS) is 18.4. The van der Waals surface area contributed by atoms with Crippen molar-refractivity contribution in [3.05, 3.63) is 23.8 Å². The number of hydrogen-bond acceptors (Lipinski definition) is 5. The minimum atomic E-state index is -0.0603. The van der Waals surface area contributed by atoms with Gasteiger partial charge in [0.1, 0.15) is 16.9 Å². The number of nitrogens with zero attached hydrogens (tertiary/aromatic N) is 1. The van der Waals surface area contributed by atoms with E-state index in [1.807, 2.05) is 18.2 Å². The van der Waals surface area contributed by atoms with E-state index in [2.05, 4.69) is 0 Å². The van der Waals surface area contributed by atoms with Crippen LogP contribution >= 0.6 is 11.8 Å². The minimum Gasteiger partial charge on any atom is -0.497 e. The number of ether oxygens (including phenoxy) is 2. The number of aliphatic hydroxyl groups is 1. The average molecular weight is 297 g/mol. The fraction of sp³-hybridized carbons (Fsp3) is 0.500. The second-order valence-corrected chi connectivity index (χ2v) is 5.50. The maximum atomic E-state index is 11.9. The molecule has 1 heterocycles. The van der Waals surface area contributed by atoms with Crippen LogP contribution in [0, 0.1) is 0 Å². The Morgan fingerprint density at radius 2 is 2.20 bits per heavy atom. The Morgan fingerprint density at radius 1 is 1.40 bits per heavy atom. The molecule has 20 heavy (non-hydrogen) atoms. The lowest BCUT2D eigenvalue weighted by molar-refractivity contribution is -0.128. The van der Waals surface area contributed by atoms with E-state index < -0.39 is 0 Å². The smallest absolute Gasteiger partial charge is 0.233 e. The minimum absolute atomic E-state index is 0.0603. The summed E-state index contributed by atoms with van der Waals surface area (Å²) in [6.07, 6.45) is 0.585. The van der Waals surface area contributed by atoms with Crippen molar-refractivity contribution in [2.24, 2.45) is 0 Å². The van der Waals surface area contributed by atoms with Crippen LogP contribution in [-0.4, -0.2) is 49.0 Å². The molecule has 0 radical (unpaired) electrons. The molecular formula is C14H19NO4S. The number of carbonyl (C=O) groups is 1. The molecule has 1 N–H and O–H groups in total. The Labute approximate surface area is 122 Å². The van der Waals surface area contributed by atoms with Gasteiger partial charge >= 0.3 is 0 Å². The maximum Gasteiger partial charge on any atom is 0.233 e. The zero-order chi connectivity index (χ0) is 14.5. The fourth-order valence-corrected chi connectivity index (χ4v) is 3.46. The lowest BCUT2D eigenvalue weighted by Crippen LogP contribution is -2.29. The van der Waals surface area contributed by atoms with Gasteiger partial charge in [0.05, 0.1) is 20.0 Å². The first-order valence-electron chi connectivity index (χ1n) is 6.45. The Kier molecular flexibility index (Phi) is 5.14. The van der Waals surface area contributed by atoms with Gasteiger partial charge in [-0.25, -0.2) is 0 Å². The first kappa shape index (κ1) is 15.0. The SMILES string of the molecule is COc1ccc(C2SCC(=O)N2CCCO)c(OC)c1. The van der Waals surface area contributed by atoms with Gasteiger partial charge in [0.2, 0.25) is 5.91 Å². The molecule has 1 aromatic rings. The Morgan fingerprint density at radius 3 is 2.85 bits per heavy atom. The molecule has 1 aliphatic heterocycles. The van der Waals surface area contributed by atoms with Gasteiger partial charge in [-0.1, -0.05) is 0 Å². The number of carbonyl (C=O) groups excluding carboxylic acids is 1. The summed E-state index contributed by atoms with van der Waals surface area (Å²) in [4.78, 5) is 13.7. The number of aliphatic hydroxyl groups excluding tert-OH is 1. The summed E-state index contributed by atoms with van der Waals surface area (Å²) in [5, 5.41) is 8.89. The first-order valence-corrected chi connectivity index (χ1v) is 7.50. The van der Waals surface area contributed by atoms with Gasteiger partial charge in [0.25, 0.3) is 0 Å². The number of benzene rings is 1. The monoisotopic (exact) mass is 297 g/mol. The largest absolute Gasteiger partial charge is 0.497 e. The van der Waals surface area contributed by atoms with Crippen LogP contribution in [0.4, 0.5) is 0 Å². The van der Waals surface area contributed by atoms with Gasteiger partial charge in [-0.3, -0.25) is 4.79 Å². The molecule has 5 nitrogen and oxygen atoms in total. The van der Waals surface area contributed by atoms with Crippen molar-refractivity contribution in [1.29, 1.82) is 0 Å². The van der Waals surface area contributed by atoms with Crippen molar-refractivity contribution < 1.29 is 19.4 Å². The molecular weight excluding hydrogens is 278 g/mol. The van der Waals surface area contributed by atoms with Crippen LogP contribution in [0.25, 0.3) is 0 Å². The van der Waals surface area contributed by atoms with Crippen LogP contribution in [-0.2, 0) is 4.79 Å². The molecule has 1 amide bonds. The molecule has 1 atom stereocenters. The van der Waals surface area contributed by atoms with Gasteiger partial charge in [0.15, 0.2) is 0 Å². The molecule has 1 aromatic carbocycles. The third-order valence-corrected chi connectivity index (χ3v) is 4.47. The van der Waals surface area contributed by atoms with E-state index in [9.17, 15) is 4.79 Å². The molecule has 1 aliphatic rings. The van der Waals surface area contributed by atoms with Gasteiger partial charge in [-0.05, 0) is 18.6 Å². The van der Waals surface area contributed by atoms with Crippen molar-refractivity contribution in [1.82, 2.24) is 4.90 Å². The molecule has 0 bridgehead atoms. The van der Waals surface area contributed by atoms with Gasteiger partial charge in [-0.15, -0.1) is 11.8 Å². The quantitative estimate of drug-likeness (QED) is 0.865. The second-order valence-electron chi connectivity index (χ2n) is 4.44. The molecule has 0 aliphatic carbocycles. The number of amides is 1. The van der Waals surface area contributed by atoms with Crippen molar-refractivity contribution in [3.63, 3.8) is 0 Å². The summed E-state index contributed by atoms with van der Waals surface area (Å²) in [6.45, 7) is 0.642. The van der Waals surface area contributed by atoms with Crippen molar-refractivity contribution in [3.8, 4) is 11.5 Å². The summed E-state index contributed by atoms with van der Waals surface area (Å²) >= 11 is 1.58. The molecule has 1 unspecified atom stereocenters. The number of rotatable bonds is 6. The third kappa shape index (κ3) is 3.02. The van der Waals surface area contributed by atoms with Gasteiger partial charge in [0, 0.05) is 24.8 Å². The fourth-order valence-electron chi connectivity index (χ4n) is 2.22. The molecule has 1 saturated heterocycles. The van der Waals surface area contributed by atoms with Crippen LogP contribution in [0.5, 0.6) is 11.5 Å². The van der Waals surface area contributed by atoms with E-state index in [1.54, 1.807) is 30.9 Å². The zero-order valence-electron chi connectivity index (χ0n) is 11.7. The van der Waals surface area contributed by atoms with E-state index >= 15 is 0 Å². The average Bonchev–Trinajstić information content (AvgIpc) is 2.85. The van der Waals surface area contributed by atoms with E-state index in [4.69, 9.17) is 14.6 Å². The van der Waals surface area contributed by atoms with Crippen LogP contribution in [0.15, 0.2) is 18.2 Å². The molecule has 2 rings (SSSR count). The predicted molar refractivity (Wildman–Crippen MR) is 78.2 cm³/mol. The van der Waals surface area contributed by atoms with Gasteiger partial charge in [-0.2, -0.15) is 0 Å². The van der Waals surface area contributed by atoms with E-state index in [0.717, 1.165) is 11.3 Å². The lowest BCUT2D eigenvalue weighted by Gasteiger charge is -2.25. The number of thioether (sulfide) groups is 1. The maximum absolute atomic E-state index is 11.9. The first-order chi connectivity index (χ1) is 9.71. The summed E-state index contributed by atoms with van der Waals surface area (Å²) < 4.78 is 10.6. The highest BCUT2D eigenvalue weighted by molar-refractivity contribution is 8.00. The Balaban J connectivity index is 2.27. The van der Waals surface area contributed by atoms with Crippen molar-refractivity contribution >= 4 is 17.7 Å². The predicted octanol–water partition coefficient (Wildman–Crippen LogP) is 1.66. The second kappa shape index (κ2) is 6.85. The number of hydrogen-bond donors (Lipinski definition) is 1. The topological polar surface area (TPSA) is 59.0 Å². The molecule has 6 heteroatoms. The van der Waals surface area contributed by atoms with Crippen LogP contribution < -0.4 is 9.47 Å². The molecule has 110 valence electrons. The molecule has 0 spiro atoms. The summed E-state index contributed by atoms with van der Waals surface area (Å²) in [6, 6.07) is 5.62. The third-order valence-electron chi connectivity index (χ3n) is 3.23. The van der Waals surface area contributed by atoms with Crippen LogP contribution in [0.2, 0.25) is 0 Å². The zero-order valence-corrected chi connectivity index (χ0v) is 12.5. The molecule has 0 saturated carbocycles. The summed E-state index contributed by atoms with van der Waals surface area (Å²) in [5.74, 6) is 2.00. The van der Waals surface area contributed by atoms with E-state index in [0.29, 0.717) is 24.5 Å². The highest BCUT2D eigenvalue weighted by Crippen LogP contribution is 2.43. The van der Waals surface area contributed by atoms with E-state index in [-0.39, 0.29) is 17.9 Å². The molecule has 0 aromatic heterocycles. The summed E-state index contributed by atoms with van der Waals surface area (Å²) in [7, 11) is 3.22. The lowest BCUT2D eigenvalue weighted by atomic mass is 10.1. The summed E-state index contributed by atoms with van der Waals surface area (Å²) in [5.41, 5.74) is 0.960. The van der Waals surface area contributed by atoms with Crippen LogP contribution in [0.3, 0.4) is 0 Å². The highest BCUT2D eigenvalue weighted by Gasteiger charge is 2.34. The standard InChI is InChI=1S/C14H19NO4S/c1-18-10-4-5-11(12(8-10)19-2)14-15(6-3-7-16)13(17)9-20-14/h4-5,8,14,16H,3,6-7,9H2,1-2H3. The van der Waals surface area contributed by atoms with Gasteiger partial charge < -0.3 is 19.5 Å².